The van der Waals surface area contributed by atoms with Gasteiger partial charge in [-0.15, -0.1) is 0 Å². The number of aromatic nitrogens is 1. The van der Waals surface area contributed by atoms with Gasteiger partial charge >= 0.3 is 10.2 Å². The normalized spacial score (nSPS) is 18.1. The number of ether oxygens (including phenoxy) is 1. The molecular formula is C31H28Cl3N3O5S. The smallest absolute Gasteiger partial charge is 0.303 e. The summed E-state index contributed by atoms with van der Waals surface area (Å²) < 4.78 is 38.8. The number of nitrogens with zero attached hydrogens (tertiary/aromatic N) is 2. The zero-order valence-electron chi connectivity index (χ0n) is 23.3. The van der Waals surface area contributed by atoms with Crippen LogP contribution in [-0.4, -0.2) is 37.9 Å². The van der Waals surface area contributed by atoms with Gasteiger partial charge in [-0.1, -0.05) is 64.2 Å². The van der Waals surface area contributed by atoms with E-state index in [2.05, 4.69) is 5.16 Å². The SMILES string of the molecule is CN(C)S(=O)(=O)NC(=O)c1ccc([C@@H]2C[C@H]2c2ccc(OCc3c(-c4c(Cl)cccc4Cl)noc3C3CC3)cc2Cl)cc1. The molecule has 43 heavy (non-hydrogen) atoms. The number of carbonyl (C=O) groups excluding carboxylic acids is 1. The molecule has 0 aliphatic heterocycles. The molecule has 0 saturated heterocycles. The Morgan fingerprint density at radius 3 is 2.33 bits per heavy atom. The van der Waals surface area contributed by atoms with Gasteiger partial charge in [0.2, 0.25) is 0 Å². The van der Waals surface area contributed by atoms with Gasteiger partial charge in [-0.05, 0) is 78.6 Å². The third kappa shape index (κ3) is 6.28. The molecule has 4 aromatic rings. The molecule has 6 rings (SSSR count). The maximum atomic E-state index is 12.4. The van der Waals surface area contributed by atoms with Crippen molar-refractivity contribution in [1.82, 2.24) is 14.2 Å². The Labute approximate surface area is 265 Å². The Balaban J connectivity index is 1.13. The molecule has 1 aromatic heterocycles. The molecule has 8 nitrogen and oxygen atoms in total. The predicted octanol–water partition coefficient (Wildman–Crippen LogP) is 7.57. The summed E-state index contributed by atoms with van der Waals surface area (Å²) in [5.74, 6) is 1.53. The van der Waals surface area contributed by atoms with Crippen LogP contribution in [0.25, 0.3) is 11.3 Å². The second-order valence-electron chi connectivity index (χ2n) is 11.0. The molecule has 2 aliphatic rings. The molecule has 0 bridgehead atoms. The van der Waals surface area contributed by atoms with E-state index in [-0.39, 0.29) is 24.0 Å². The fourth-order valence-electron chi connectivity index (χ4n) is 5.16. The monoisotopic (exact) mass is 659 g/mol. The first-order valence-corrected chi connectivity index (χ1v) is 16.3. The maximum Gasteiger partial charge on any atom is 0.303 e. The van der Waals surface area contributed by atoms with Crippen molar-refractivity contribution in [2.24, 2.45) is 0 Å². The number of carbonyl (C=O) groups is 1. The van der Waals surface area contributed by atoms with Gasteiger partial charge in [0.15, 0.2) is 0 Å². The van der Waals surface area contributed by atoms with Crippen LogP contribution in [0.2, 0.25) is 15.1 Å². The number of nitrogens with one attached hydrogen (secondary N) is 1. The largest absolute Gasteiger partial charge is 0.489 e. The summed E-state index contributed by atoms with van der Waals surface area (Å²) in [5, 5.41) is 5.91. The fraction of sp³-hybridized carbons (Fsp3) is 0.290. The van der Waals surface area contributed by atoms with E-state index in [1.54, 1.807) is 30.3 Å². The summed E-state index contributed by atoms with van der Waals surface area (Å²) in [4.78, 5) is 12.4. The van der Waals surface area contributed by atoms with Gasteiger partial charge in [-0.25, -0.2) is 4.72 Å². The first-order chi connectivity index (χ1) is 20.5. The number of hydrogen-bond donors (Lipinski definition) is 1. The molecule has 1 heterocycles. The van der Waals surface area contributed by atoms with E-state index in [1.165, 1.54) is 14.1 Å². The van der Waals surface area contributed by atoms with E-state index < -0.39 is 16.1 Å². The highest BCUT2D eigenvalue weighted by Gasteiger charge is 2.41. The standard InChI is InChI=1S/C31H28Cl3N3O5S/c1-37(2)43(39,40)36-31(38)19-10-6-17(7-11-19)22-15-23(22)21-13-12-20(14-27(21)34)41-16-24-29(35-42-30(24)18-8-9-18)28-25(32)4-3-5-26(28)33/h3-7,10-14,18,22-23H,8-9,15-16H2,1-2H3,(H,36,38)/t22-,23-/m0/s1. The molecule has 0 spiro atoms. The average Bonchev–Trinajstić information content (AvgIpc) is 3.90. The van der Waals surface area contributed by atoms with Crippen LogP contribution in [0.15, 0.2) is 65.2 Å². The first-order valence-electron chi connectivity index (χ1n) is 13.7. The van der Waals surface area contributed by atoms with Crippen molar-refractivity contribution < 1.29 is 22.5 Å². The van der Waals surface area contributed by atoms with Gasteiger partial charge in [-0.2, -0.15) is 12.7 Å². The number of amides is 1. The third-order valence-corrected chi connectivity index (χ3v) is 10.2. The second-order valence-corrected chi connectivity index (χ2v) is 14.1. The van der Waals surface area contributed by atoms with Crippen molar-refractivity contribution in [2.75, 3.05) is 14.1 Å². The quantitative estimate of drug-likeness (QED) is 0.188. The highest BCUT2D eigenvalue weighted by Crippen LogP contribution is 2.56. The van der Waals surface area contributed by atoms with Crippen LogP contribution in [0.4, 0.5) is 0 Å². The number of rotatable bonds is 10. The van der Waals surface area contributed by atoms with E-state index in [1.807, 2.05) is 35.1 Å². The highest BCUT2D eigenvalue weighted by atomic mass is 35.5. The van der Waals surface area contributed by atoms with Crippen molar-refractivity contribution in [3.63, 3.8) is 0 Å². The fourth-order valence-corrected chi connectivity index (χ4v) is 6.58. The first kappa shape index (κ1) is 30.0. The minimum atomic E-state index is -3.86. The third-order valence-electron chi connectivity index (χ3n) is 7.81. The van der Waals surface area contributed by atoms with E-state index in [9.17, 15) is 13.2 Å². The lowest BCUT2D eigenvalue weighted by Crippen LogP contribution is -2.39. The van der Waals surface area contributed by atoms with Crippen molar-refractivity contribution in [1.29, 1.82) is 0 Å². The summed E-state index contributed by atoms with van der Waals surface area (Å²) in [5.41, 5.74) is 4.38. The van der Waals surface area contributed by atoms with Crippen LogP contribution in [0.3, 0.4) is 0 Å². The van der Waals surface area contributed by atoms with Gasteiger partial charge < -0.3 is 9.26 Å². The summed E-state index contributed by atoms with van der Waals surface area (Å²) >= 11 is 19.7. The second kappa shape index (κ2) is 11.8. The molecule has 12 heteroatoms. The van der Waals surface area contributed by atoms with Gasteiger partial charge in [0.1, 0.15) is 23.8 Å². The van der Waals surface area contributed by atoms with E-state index in [0.717, 1.165) is 46.0 Å². The van der Waals surface area contributed by atoms with Crippen molar-refractivity contribution in [3.05, 3.63) is 104 Å². The lowest BCUT2D eigenvalue weighted by atomic mass is 10.0. The number of benzene rings is 3. The zero-order chi connectivity index (χ0) is 30.5. The Kier molecular flexibility index (Phi) is 8.21. The number of hydrogen-bond acceptors (Lipinski definition) is 6. The lowest BCUT2D eigenvalue weighted by Gasteiger charge is -2.12. The van der Waals surface area contributed by atoms with Crippen molar-refractivity contribution in [3.8, 4) is 17.0 Å². The summed E-state index contributed by atoms with van der Waals surface area (Å²) in [6, 6.07) is 18.0. The molecular weight excluding hydrogens is 633 g/mol. The summed E-state index contributed by atoms with van der Waals surface area (Å²) in [7, 11) is -1.15. The molecule has 2 aliphatic carbocycles. The van der Waals surface area contributed by atoms with Crippen LogP contribution >= 0.6 is 34.8 Å². The van der Waals surface area contributed by atoms with Gasteiger partial charge in [0.05, 0.1) is 15.6 Å². The van der Waals surface area contributed by atoms with Crippen molar-refractivity contribution >= 4 is 50.9 Å². The van der Waals surface area contributed by atoms with Gasteiger partial charge in [-0.3, -0.25) is 4.79 Å². The lowest BCUT2D eigenvalue weighted by molar-refractivity contribution is 0.0979. The van der Waals surface area contributed by atoms with E-state index >= 15 is 0 Å². The van der Waals surface area contributed by atoms with Crippen LogP contribution in [0, 0.1) is 0 Å². The molecule has 1 amide bonds. The van der Waals surface area contributed by atoms with Crippen LogP contribution in [0.1, 0.15) is 69.8 Å². The van der Waals surface area contributed by atoms with Crippen molar-refractivity contribution in [2.45, 2.75) is 43.6 Å². The molecule has 2 fully saturated rings. The molecule has 3 aromatic carbocycles. The highest BCUT2D eigenvalue weighted by molar-refractivity contribution is 7.87. The Morgan fingerprint density at radius 1 is 1.00 bits per heavy atom. The summed E-state index contributed by atoms with van der Waals surface area (Å²) in [6.07, 6.45) is 2.98. The molecule has 0 radical (unpaired) electrons. The summed E-state index contributed by atoms with van der Waals surface area (Å²) in [6.45, 7) is 0.226. The average molecular weight is 661 g/mol. The molecule has 1 N–H and O–H groups in total. The van der Waals surface area contributed by atoms with Crippen LogP contribution in [-0.2, 0) is 16.8 Å². The topological polar surface area (TPSA) is 102 Å². The van der Waals surface area contributed by atoms with E-state index in [0.29, 0.717) is 38.0 Å². The van der Waals surface area contributed by atoms with Gasteiger partial charge in [0, 0.05) is 36.2 Å². The van der Waals surface area contributed by atoms with E-state index in [4.69, 9.17) is 44.1 Å². The van der Waals surface area contributed by atoms with Gasteiger partial charge in [0.25, 0.3) is 5.91 Å². The molecule has 2 saturated carbocycles. The zero-order valence-corrected chi connectivity index (χ0v) is 26.4. The Hall–Kier alpha value is -3.08. The minimum absolute atomic E-state index is 0.226. The molecule has 0 unspecified atom stereocenters. The van der Waals surface area contributed by atoms with Crippen LogP contribution in [0.5, 0.6) is 5.75 Å². The maximum absolute atomic E-state index is 12.4. The predicted molar refractivity (Wildman–Crippen MR) is 166 cm³/mol. The minimum Gasteiger partial charge on any atom is -0.489 e. The Bertz CT molecular complexity index is 1780. The number of halogens is 3. The molecule has 224 valence electrons. The van der Waals surface area contributed by atoms with Crippen LogP contribution < -0.4 is 9.46 Å². The molecule has 2 atom stereocenters. The Morgan fingerprint density at radius 2 is 1.70 bits per heavy atom.